The van der Waals surface area contributed by atoms with E-state index in [4.69, 9.17) is 9.47 Å². The molecule has 0 aliphatic heterocycles. The summed E-state index contributed by atoms with van der Waals surface area (Å²) in [5.41, 5.74) is 3.20. The van der Waals surface area contributed by atoms with E-state index in [0.29, 0.717) is 0 Å². The lowest BCUT2D eigenvalue weighted by atomic mass is 10.1. The van der Waals surface area contributed by atoms with Crippen LogP contribution in [0.3, 0.4) is 0 Å². The van der Waals surface area contributed by atoms with E-state index in [0.717, 1.165) is 66.0 Å². The highest BCUT2D eigenvalue weighted by molar-refractivity contribution is 5.83. The lowest BCUT2D eigenvalue weighted by Gasteiger charge is -2.08. The molecule has 37 heavy (non-hydrogen) atoms. The van der Waals surface area contributed by atoms with Gasteiger partial charge in [0.1, 0.15) is 11.5 Å². The van der Waals surface area contributed by atoms with E-state index in [2.05, 4.69) is 61.0 Å². The highest BCUT2D eigenvalue weighted by Gasteiger charge is 2.01. The Labute approximate surface area is 224 Å². The Bertz CT molecular complexity index is 1070. The van der Waals surface area contributed by atoms with Crippen molar-refractivity contribution in [1.82, 2.24) is 4.98 Å². The number of fused-ring (bicyclic) bond motifs is 1. The molecule has 0 fully saturated rings. The van der Waals surface area contributed by atoms with Crippen molar-refractivity contribution in [3.05, 3.63) is 78.5 Å². The van der Waals surface area contributed by atoms with E-state index < -0.39 is 0 Å². The zero-order chi connectivity index (χ0) is 26.0. The molecule has 3 aromatic rings. The molecule has 3 nitrogen and oxygen atoms in total. The Morgan fingerprint density at radius 1 is 0.676 bits per heavy atom. The van der Waals surface area contributed by atoms with Crippen molar-refractivity contribution < 1.29 is 9.47 Å². The van der Waals surface area contributed by atoms with Gasteiger partial charge in [0.25, 0.3) is 0 Å². The summed E-state index contributed by atoms with van der Waals surface area (Å²) in [6.45, 7) is 7.57. The van der Waals surface area contributed by atoms with E-state index in [-0.39, 0.29) is 0 Å². The second kappa shape index (κ2) is 17.4. The van der Waals surface area contributed by atoms with Crippen molar-refractivity contribution in [3.8, 4) is 11.5 Å². The third kappa shape index (κ3) is 11.2. The highest BCUT2D eigenvalue weighted by Crippen LogP contribution is 2.22. The Morgan fingerprint density at radius 3 is 2.03 bits per heavy atom. The second-order valence-electron chi connectivity index (χ2n) is 9.84. The Balaban J connectivity index is 1.39. The quantitative estimate of drug-likeness (QED) is 0.121. The van der Waals surface area contributed by atoms with Crippen molar-refractivity contribution >= 4 is 23.1 Å². The van der Waals surface area contributed by atoms with Gasteiger partial charge in [0.15, 0.2) is 0 Å². The van der Waals surface area contributed by atoms with Crippen molar-refractivity contribution in [2.45, 2.75) is 84.0 Å². The number of hydrogen-bond donors (Lipinski definition) is 0. The summed E-state index contributed by atoms with van der Waals surface area (Å²) >= 11 is 0. The molecule has 0 bridgehead atoms. The average molecular weight is 500 g/mol. The number of hydrogen-bond acceptors (Lipinski definition) is 3. The lowest BCUT2D eigenvalue weighted by Crippen LogP contribution is -1.97. The molecule has 2 aromatic carbocycles. The molecule has 3 heteroatoms. The molecule has 198 valence electrons. The molecule has 0 spiro atoms. The molecule has 1 heterocycles. The number of rotatable bonds is 19. The van der Waals surface area contributed by atoms with Gasteiger partial charge in [-0.05, 0) is 67.1 Å². The first-order chi connectivity index (χ1) is 18.3. The summed E-state index contributed by atoms with van der Waals surface area (Å²) < 4.78 is 11.8. The zero-order valence-electron chi connectivity index (χ0n) is 22.8. The number of nitrogens with zero attached hydrogens (tertiary/aromatic N) is 1. The van der Waals surface area contributed by atoms with E-state index in [1.165, 1.54) is 57.8 Å². The van der Waals surface area contributed by atoms with Crippen molar-refractivity contribution in [1.29, 1.82) is 0 Å². The van der Waals surface area contributed by atoms with Crippen LogP contribution < -0.4 is 9.47 Å². The number of benzene rings is 2. The van der Waals surface area contributed by atoms with Gasteiger partial charge in [0.2, 0.25) is 0 Å². The fourth-order valence-electron chi connectivity index (χ4n) is 4.35. The molecule has 0 saturated heterocycles. The van der Waals surface area contributed by atoms with Gasteiger partial charge in [-0.25, -0.2) is 0 Å². The molecular formula is C34H45NO2. The van der Waals surface area contributed by atoms with E-state index in [1.807, 2.05) is 30.5 Å². The van der Waals surface area contributed by atoms with Gasteiger partial charge in [-0.2, -0.15) is 0 Å². The third-order valence-corrected chi connectivity index (χ3v) is 6.61. The van der Waals surface area contributed by atoms with Crippen molar-refractivity contribution in [3.63, 3.8) is 0 Å². The number of unbranched alkanes of at least 4 members (excludes halogenated alkanes) is 10. The standard InChI is InChI=1S/C34H45NO2/c1-3-5-7-9-10-11-12-13-15-25-37-33-23-20-31-26-30(28-35-34(31)27-33)17-16-29-18-21-32(22-19-29)36-24-14-8-6-4-2/h3,16-23,26-28H,1,4-15,24-25H2,2H3/b17-16+. The highest BCUT2D eigenvalue weighted by atomic mass is 16.5. The Hall–Kier alpha value is -3.07. The van der Waals surface area contributed by atoms with Crippen LogP contribution in [-0.4, -0.2) is 18.2 Å². The number of ether oxygens (including phenoxy) is 2. The van der Waals surface area contributed by atoms with Crippen molar-refractivity contribution in [2.24, 2.45) is 0 Å². The monoisotopic (exact) mass is 499 g/mol. The van der Waals surface area contributed by atoms with Crippen molar-refractivity contribution in [2.75, 3.05) is 13.2 Å². The number of allylic oxidation sites excluding steroid dienone is 1. The summed E-state index contributed by atoms with van der Waals surface area (Å²) in [5.74, 6) is 1.84. The first-order valence-corrected chi connectivity index (χ1v) is 14.3. The van der Waals surface area contributed by atoms with Gasteiger partial charge < -0.3 is 9.47 Å². The normalized spacial score (nSPS) is 11.3. The minimum absolute atomic E-state index is 0.769. The van der Waals surface area contributed by atoms with Crippen LogP contribution in [0, 0.1) is 0 Å². The van der Waals surface area contributed by atoms with Gasteiger partial charge >= 0.3 is 0 Å². The molecule has 0 N–H and O–H groups in total. The van der Waals surface area contributed by atoms with Gasteiger partial charge in [-0.3, -0.25) is 4.98 Å². The van der Waals surface area contributed by atoms with Gasteiger partial charge in [0.05, 0.1) is 18.7 Å². The smallest absolute Gasteiger partial charge is 0.121 e. The molecule has 0 saturated carbocycles. The summed E-state index contributed by atoms with van der Waals surface area (Å²) in [4.78, 5) is 4.67. The second-order valence-corrected chi connectivity index (χ2v) is 9.84. The maximum absolute atomic E-state index is 5.99. The van der Waals surface area contributed by atoms with E-state index in [9.17, 15) is 0 Å². The topological polar surface area (TPSA) is 31.4 Å². The molecule has 0 aliphatic carbocycles. The largest absolute Gasteiger partial charge is 0.494 e. The molecule has 3 rings (SSSR count). The number of aromatic nitrogens is 1. The molecule has 0 amide bonds. The van der Waals surface area contributed by atoms with E-state index >= 15 is 0 Å². The van der Waals surface area contributed by atoms with Gasteiger partial charge in [-0.15, -0.1) is 6.58 Å². The summed E-state index contributed by atoms with van der Waals surface area (Å²) in [7, 11) is 0. The zero-order valence-corrected chi connectivity index (χ0v) is 22.8. The Morgan fingerprint density at radius 2 is 1.30 bits per heavy atom. The van der Waals surface area contributed by atoms with Gasteiger partial charge in [0, 0.05) is 17.6 Å². The molecule has 0 unspecified atom stereocenters. The van der Waals surface area contributed by atoms with Crippen LogP contribution in [0.15, 0.2) is 67.4 Å². The molecular weight excluding hydrogens is 454 g/mol. The minimum Gasteiger partial charge on any atom is -0.494 e. The summed E-state index contributed by atoms with van der Waals surface area (Å²) in [6.07, 6.45) is 23.1. The fraction of sp³-hybridized carbons (Fsp3) is 0.441. The van der Waals surface area contributed by atoms with Crippen LogP contribution in [0.5, 0.6) is 11.5 Å². The summed E-state index contributed by atoms with van der Waals surface area (Å²) in [5, 5.41) is 1.12. The van der Waals surface area contributed by atoms with Gasteiger partial charge in [-0.1, -0.05) is 88.7 Å². The minimum atomic E-state index is 0.769. The first kappa shape index (κ1) is 28.5. The maximum atomic E-state index is 5.99. The van der Waals surface area contributed by atoms with E-state index in [1.54, 1.807) is 0 Å². The molecule has 0 aliphatic rings. The number of pyridine rings is 1. The SMILES string of the molecule is C=CCCCCCCCCCOc1ccc2cc(/C=C/c3ccc(OCCCCCC)cc3)cnc2c1. The van der Waals surface area contributed by atoms with Crippen LogP contribution in [0.25, 0.3) is 23.1 Å². The summed E-state index contributed by atoms with van der Waals surface area (Å²) in [6, 6.07) is 16.7. The van der Waals surface area contributed by atoms with Crippen LogP contribution in [0.1, 0.15) is 95.1 Å². The van der Waals surface area contributed by atoms with Crippen LogP contribution in [-0.2, 0) is 0 Å². The molecule has 1 aromatic heterocycles. The predicted octanol–water partition coefficient (Wildman–Crippen LogP) is 10.0. The fourth-order valence-corrected chi connectivity index (χ4v) is 4.35. The van der Waals surface area contributed by atoms with Crippen LogP contribution in [0.4, 0.5) is 0 Å². The van der Waals surface area contributed by atoms with Crippen LogP contribution in [0.2, 0.25) is 0 Å². The average Bonchev–Trinajstić information content (AvgIpc) is 2.93. The Kier molecular flexibility index (Phi) is 13.4. The predicted molar refractivity (Wildman–Crippen MR) is 159 cm³/mol. The molecule has 0 atom stereocenters. The van der Waals surface area contributed by atoms with Crippen LogP contribution >= 0.6 is 0 Å². The molecule has 0 radical (unpaired) electrons. The maximum Gasteiger partial charge on any atom is 0.121 e. The third-order valence-electron chi connectivity index (χ3n) is 6.61. The lowest BCUT2D eigenvalue weighted by molar-refractivity contribution is 0.304. The first-order valence-electron chi connectivity index (χ1n) is 14.3.